The molecular weight excluding hydrogens is 358 g/mol. The van der Waals surface area contributed by atoms with Gasteiger partial charge in [0.15, 0.2) is 11.5 Å². The monoisotopic (exact) mass is 389 g/mol. The van der Waals surface area contributed by atoms with Crippen LogP contribution in [0.2, 0.25) is 0 Å². The van der Waals surface area contributed by atoms with Crippen LogP contribution in [0.15, 0.2) is 12.1 Å². The molecule has 2 aliphatic rings. The van der Waals surface area contributed by atoms with E-state index in [0.29, 0.717) is 18.7 Å². The van der Waals surface area contributed by atoms with Crippen molar-refractivity contribution in [1.82, 2.24) is 4.90 Å². The van der Waals surface area contributed by atoms with E-state index in [9.17, 15) is 19.8 Å². The molecule has 1 aliphatic heterocycles. The second kappa shape index (κ2) is 8.84. The summed E-state index contributed by atoms with van der Waals surface area (Å²) >= 11 is 0. The van der Waals surface area contributed by atoms with E-state index in [4.69, 9.17) is 4.74 Å². The fourth-order valence-electron chi connectivity index (χ4n) is 4.94. The van der Waals surface area contributed by atoms with Crippen molar-refractivity contribution in [3.63, 3.8) is 0 Å². The number of carboxylic acid groups (broad SMARTS) is 1. The molecule has 0 aromatic heterocycles. The summed E-state index contributed by atoms with van der Waals surface area (Å²) < 4.78 is 5.26. The molecule has 2 N–H and O–H groups in total. The molecule has 1 aliphatic carbocycles. The predicted octanol–water partition coefficient (Wildman–Crippen LogP) is 3.84. The Balaban J connectivity index is 1.99. The zero-order chi connectivity index (χ0) is 20.3. The molecule has 28 heavy (non-hydrogen) atoms. The number of methoxy groups -OCH3 is 1. The van der Waals surface area contributed by atoms with Gasteiger partial charge in [-0.25, -0.2) is 4.79 Å². The van der Waals surface area contributed by atoms with Gasteiger partial charge in [0.1, 0.15) is 6.04 Å². The third-order valence-corrected chi connectivity index (χ3v) is 6.30. The molecule has 154 valence electrons. The van der Waals surface area contributed by atoms with Gasteiger partial charge in [-0.15, -0.1) is 0 Å². The molecule has 0 bridgehead atoms. The number of carboxylic acids is 1. The van der Waals surface area contributed by atoms with Crippen molar-refractivity contribution in [2.45, 2.75) is 70.3 Å². The Hall–Kier alpha value is -2.24. The molecule has 0 spiro atoms. The first-order chi connectivity index (χ1) is 13.4. The van der Waals surface area contributed by atoms with Gasteiger partial charge in [-0.1, -0.05) is 25.3 Å². The van der Waals surface area contributed by atoms with Crippen LogP contribution in [0.5, 0.6) is 11.5 Å². The van der Waals surface area contributed by atoms with Crippen molar-refractivity contribution >= 4 is 11.9 Å². The number of piperidine rings is 1. The molecule has 6 nitrogen and oxygen atoms in total. The van der Waals surface area contributed by atoms with Crippen molar-refractivity contribution in [1.29, 1.82) is 0 Å². The first-order valence-electron chi connectivity index (χ1n) is 10.3. The highest BCUT2D eigenvalue weighted by Crippen LogP contribution is 2.42. The lowest BCUT2D eigenvalue weighted by Gasteiger charge is -2.38. The number of aliphatic carboxylic acids is 1. The Bertz CT molecular complexity index is 703. The van der Waals surface area contributed by atoms with Crippen LogP contribution in [0.4, 0.5) is 0 Å². The van der Waals surface area contributed by atoms with Crippen molar-refractivity contribution in [2.75, 3.05) is 13.7 Å². The number of likely N-dealkylation sites (tertiary alicyclic amines) is 1. The number of phenols is 1. The van der Waals surface area contributed by atoms with Crippen molar-refractivity contribution in [2.24, 2.45) is 5.92 Å². The SMILES string of the molecule is COc1c(C)cc([C@@H](C(=O)N2CCCC[C@H]2C(=O)O)C2CCCCC2)cc1O. The van der Waals surface area contributed by atoms with E-state index in [2.05, 4.69) is 0 Å². The van der Waals surface area contributed by atoms with Gasteiger partial charge in [-0.2, -0.15) is 0 Å². The van der Waals surface area contributed by atoms with Crippen LogP contribution < -0.4 is 4.74 Å². The van der Waals surface area contributed by atoms with Crippen molar-refractivity contribution in [3.8, 4) is 11.5 Å². The van der Waals surface area contributed by atoms with Gasteiger partial charge >= 0.3 is 5.97 Å². The smallest absolute Gasteiger partial charge is 0.326 e. The number of ether oxygens (including phenoxy) is 1. The standard InChI is InChI=1S/C22H31NO5/c1-14-12-16(13-18(24)20(14)28-2)19(15-8-4-3-5-9-15)21(25)23-11-7-6-10-17(23)22(26)27/h12-13,15,17,19,24H,3-11H2,1-2H3,(H,26,27)/t17-,19-/m0/s1. The van der Waals surface area contributed by atoms with E-state index in [1.54, 1.807) is 11.0 Å². The minimum absolute atomic E-state index is 0.0274. The fraction of sp³-hybridized carbons (Fsp3) is 0.636. The lowest BCUT2D eigenvalue weighted by molar-refractivity contribution is -0.153. The van der Waals surface area contributed by atoms with Gasteiger partial charge in [-0.3, -0.25) is 4.79 Å². The molecule has 2 atom stereocenters. The second-order valence-electron chi connectivity index (χ2n) is 8.15. The molecule has 1 aromatic carbocycles. The first kappa shape index (κ1) is 20.5. The summed E-state index contributed by atoms with van der Waals surface area (Å²) in [4.78, 5) is 27.0. The number of carbonyl (C=O) groups excluding carboxylic acids is 1. The minimum Gasteiger partial charge on any atom is -0.504 e. The summed E-state index contributed by atoms with van der Waals surface area (Å²) in [5.41, 5.74) is 1.54. The van der Waals surface area contributed by atoms with Crippen LogP contribution >= 0.6 is 0 Å². The molecular formula is C22H31NO5. The fourth-order valence-corrected chi connectivity index (χ4v) is 4.94. The van der Waals surface area contributed by atoms with Gasteiger partial charge in [0.05, 0.1) is 13.0 Å². The minimum atomic E-state index is -0.927. The highest BCUT2D eigenvalue weighted by Gasteiger charge is 2.39. The van der Waals surface area contributed by atoms with Gasteiger partial charge in [0.25, 0.3) is 0 Å². The van der Waals surface area contributed by atoms with Crippen LogP contribution in [0.1, 0.15) is 68.4 Å². The van der Waals surface area contributed by atoms with Gasteiger partial charge in [-0.05, 0) is 62.1 Å². The van der Waals surface area contributed by atoms with Crippen LogP contribution in [-0.2, 0) is 9.59 Å². The van der Waals surface area contributed by atoms with Gasteiger partial charge in [0.2, 0.25) is 5.91 Å². The Morgan fingerprint density at radius 1 is 1.11 bits per heavy atom. The molecule has 0 radical (unpaired) electrons. The maximum absolute atomic E-state index is 13.6. The number of phenolic OH excluding ortho intramolecular Hbond substituents is 1. The summed E-state index contributed by atoms with van der Waals surface area (Å²) in [5.74, 6) is -0.841. The number of aromatic hydroxyl groups is 1. The van der Waals surface area contributed by atoms with E-state index in [0.717, 1.165) is 49.7 Å². The lowest BCUT2D eigenvalue weighted by atomic mass is 9.75. The maximum Gasteiger partial charge on any atom is 0.326 e. The summed E-state index contributed by atoms with van der Waals surface area (Å²) in [6.45, 7) is 2.34. The molecule has 1 amide bonds. The third kappa shape index (κ3) is 4.10. The molecule has 3 rings (SSSR count). The normalized spacial score (nSPS) is 21.9. The number of aryl methyl sites for hydroxylation is 1. The summed E-state index contributed by atoms with van der Waals surface area (Å²) in [7, 11) is 1.51. The molecule has 1 aromatic rings. The number of benzene rings is 1. The molecule has 2 fully saturated rings. The predicted molar refractivity (Wildman–Crippen MR) is 106 cm³/mol. The first-order valence-corrected chi connectivity index (χ1v) is 10.3. The number of amides is 1. The van der Waals surface area contributed by atoms with Crippen LogP contribution in [0.3, 0.4) is 0 Å². The summed E-state index contributed by atoms with van der Waals surface area (Å²) in [6, 6.07) is 2.79. The maximum atomic E-state index is 13.6. The summed E-state index contributed by atoms with van der Waals surface area (Å²) in [5, 5.41) is 20.0. The van der Waals surface area contributed by atoms with Gasteiger partial charge in [0, 0.05) is 6.54 Å². The third-order valence-electron chi connectivity index (χ3n) is 6.30. The zero-order valence-corrected chi connectivity index (χ0v) is 16.8. The molecule has 0 unspecified atom stereocenters. The second-order valence-corrected chi connectivity index (χ2v) is 8.15. The molecule has 1 heterocycles. The zero-order valence-electron chi connectivity index (χ0n) is 16.8. The number of nitrogens with zero attached hydrogens (tertiary/aromatic N) is 1. The quantitative estimate of drug-likeness (QED) is 0.799. The van der Waals surface area contributed by atoms with Crippen LogP contribution in [-0.4, -0.2) is 46.7 Å². The average Bonchev–Trinajstić information content (AvgIpc) is 2.68. The number of carbonyl (C=O) groups is 2. The van der Waals surface area contributed by atoms with Crippen LogP contribution in [0, 0.1) is 12.8 Å². The Morgan fingerprint density at radius 2 is 1.79 bits per heavy atom. The van der Waals surface area contributed by atoms with E-state index in [1.165, 1.54) is 13.5 Å². The number of hydrogen-bond donors (Lipinski definition) is 2. The highest BCUT2D eigenvalue weighted by molar-refractivity contribution is 5.89. The Labute approximate surface area is 166 Å². The van der Waals surface area contributed by atoms with Crippen LogP contribution in [0.25, 0.3) is 0 Å². The van der Waals surface area contributed by atoms with E-state index >= 15 is 0 Å². The molecule has 1 saturated carbocycles. The average molecular weight is 389 g/mol. The van der Waals surface area contributed by atoms with E-state index in [-0.39, 0.29) is 17.6 Å². The Morgan fingerprint density at radius 3 is 2.39 bits per heavy atom. The molecule has 6 heteroatoms. The number of hydrogen-bond acceptors (Lipinski definition) is 4. The van der Waals surface area contributed by atoms with E-state index < -0.39 is 17.9 Å². The molecule has 1 saturated heterocycles. The lowest BCUT2D eigenvalue weighted by Crippen LogP contribution is -2.50. The highest BCUT2D eigenvalue weighted by atomic mass is 16.5. The number of rotatable bonds is 5. The Kier molecular flexibility index (Phi) is 6.47. The van der Waals surface area contributed by atoms with Crippen molar-refractivity contribution < 1.29 is 24.5 Å². The summed E-state index contributed by atoms with van der Waals surface area (Å²) in [6.07, 6.45) is 7.41. The largest absolute Gasteiger partial charge is 0.504 e. The topological polar surface area (TPSA) is 87.1 Å². The van der Waals surface area contributed by atoms with Gasteiger partial charge < -0.3 is 19.8 Å². The van der Waals surface area contributed by atoms with E-state index in [1.807, 2.05) is 13.0 Å². The van der Waals surface area contributed by atoms with Crippen molar-refractivity contribution in [3.05, 3.63) is 23.3 Å².